The Morgan fingerprint density at radius 1 is 1.06 bits per heavy atom. The molecule has 3 aliphatic carbocycles. The van der Waals surface area contributed by atoms with E-state index in [2.05, 4.69) is 15.2 Å². The molecule has 4 rings (SSSR count). The Balaban J connectivity index is 1.35. The number of carbonyl (C=O) groups excluding carboxylic acids is 1. The summed E-state index contributed by atoms with van der Waals surface area (Å²) in [4.78, 5) is 31.4. The summed E-state index contributed by atoms with van der Waals surface area (Å²) >= 11 is 2.60. The molecule has 34 heavy (non-hydrogen) atoms. The van der Waals surface area contributed by atoms with Crippen molar-refractivity contribution in [2.75, 3.05) is 18.5 Å². The zero-order valence-electron chi connectivity index (χ0n) is 20.5. The lowest BCUT2D eigenvalue weighted by atomic mass is 9.84. The van der Waals surface area contributed by atoms with Gasteiger partial charge in [0.2, 0.25) is 0 Å². The van der Waals surface area contributed by atoms with Gasteiger partial charge in [0.1, 0.15) is 4.75 Å². The van der Waals surface area contributed by atoms with E-state index in [0.717, 1.165) is 61.9 Å². The normalized spacial score (nSPS) is 24.1. The monoisotopic (exact) mass is 509 g/mol. The van der Waals surface area contributed by atoms with Gasteiger partial charge in [0, 0.05) is 25.3 Å². The molecule has 2 N–H and O–H groups in total. The molecule has 1 aromatic rings. The predicted octanol–water partition coefficient (Wildman–Crippen LogP) is 6.25. The van der Waals surface area contributed by atoms with Gasteiger partial charge in [-0.1, -0.05) is 42.4 Å². The number of urea groups is 1. The minimum Gasteiger partial charge on any atom is -0.480 e. The van der Waals surface area contributed by atoms with Crippen LogP contribution < -0.4 is 5.32 Å². The predicted molar refractivity (Wildman–Crippen MR) is 137 cm³/mol. The Bertz CT molecular complexity index is 828. The molecule has 0 spiro atoms. The zero-order valence-corrected chi connectivity index (χ0v) is 22.1. The second kappa shape index (κ2) is 11.6. The number of aromatic nitrogens is 1. The van der Waals surface area contributed by atoms with Crippen LogP contribution in [0.5, 0.6) is 0 Å². The third-order valence-corrected chi connectivity index (χ3v) is 9.58. The number of anilines is 1. The Hall–Kier alpha value is -1.32. The fourth-order valence-electron chi connectivity index (χ4n) is 5.08. The molecule has 0 aromatic carbocycles. The molecule has 190 valence electrons. The van der Waals surface area contributed by atoms with E-state index in [1.807, 2.05) is 0 Å². The summed E-state index contributed by atoms with van der Waals surface area (Å²) in [6, 6.07) is 0.507. The van der Waals surface area contributed by atoms with Crippen molar-refractivity contribution in [2.45, 2.75) is 106 Å². The smallest absolute Gasteiger partial charge is 0.324 e. The van der Waals surface area contributed by atoms with Gasteiger partial charge in [0.05, 0.1) is 10.4 Å². The van der Waals surface area contributed by atoms with Crippen LogP contribution in [0.1, 0.15) is 84.5 Å². The van der Waals surface area contributed by atoms with E-state index in [0.29, 0.717) is 17.1 Å². The van der Waals surface area contributed by atoms with Crippen molar-refractivity contribution in [3.63, 3.8) is 0 Å². The number of hydrogen-bond donors (Lipinski definition) is 2. The lowest BCUT2D eigenvalue weighted by Gasteiger charge is -2.42. The average Bonchev–Trinajstić information content (AvgIpc) is 3.54. The largest absolute Gasteiger partial charge is 0.480 e. The standard InChI is InChI=1S/C25H39N3O4S2/c1-25(2,22(29)30)34-21-14-26-23(33-21)27-24(31)28(19-6-4-3-5-7-19)20-12-10-18(11-13-20)16-32-15-17-8-9-17/h14,17-20H,3-13,15-16H2,1-2H3,(H,29,30)(H,26,27,31)/t18-,20-. The number of thioether (sulfide) groups is 1. The van der Waals surface area contributed by atoms with Crippen molar-refractivity contribution in [2.24, 2.45) is 11.8 Å². The SMILES string of the molecule is CC(C)(Sc1cnc(NC(=O)N(C2CCCCC2)[C@H]2CC[C@H](COCC3CC3)CC2)s1)C(=O)O. The first-order valence-electron chi connectivity index (χ1n) is 12.9. The van der Waals surface area contributed by atoms with E-state index in [9.17, 15) is 14.7 Å². The fraction of sp³-hybridized carbons (Fsp3) is 0.800. The molecule has 7 nitrogen and oxygen atoms in total. The van der Waals surface area contributed by atoms with Gasteiger partial charge in [-0.2, -0.15) is 0 Å². The maximum absolute atomic E-state index is 13.5. The molecular weight excluding hydrogens is 470 g/mol. The van der Waals surface area contributed by atoms with Gasteiger partial charge < -0.3 is 14.7 Å². The lowest BCUT2D eigenvalue weighted by molar-refractivity contribution is -0.138. The summed E-state index contributed by atoms with van der Waals surface area (Å²) in [5, 5.41) is 13.0. The number of carboxylic acid groups (broad SMARTS) is 1. The topological polar surface area (TPSA) is 91.8 Å². The third-order valence-electron chi connectivity index (χ3n) is 7.39. The number of carboxylic acids is 1. The van der Waals surface area contributed by atoms with Crippen molar-refractivity contribution >= 4 is 40.2 Å². The summed E-state index contributed by atoms with van der Waals surface area (Å²) in [7, 11) is 0. The number of hydrogen-bond acceptors (Lipinski definition) is 6. The maximum Gasteiger partial charge on any atom is 0.324 e. The zero-order chi connectivity index (χ0) is 24.1. The molecule has 3 saturated carbocycles. The van der Waals surface area contributed by atoms with Crippen LogP contribution in [0, 0.1) is 11.8 Å². The maximum atomic E-state index is 13.5. The van der Waals surface area contributed by atoms with Crippen molar-refractivity contribution < 1.29 is 19.4 Å². The molecule has 3 aliphatic rings. The van der Waals surface area contributed by atoms with Crippen LogP contribution in [-0.4, -0.2) is 57.0 Å². The van der Waals surface area contributed by atoms with Gasteiger partial charge in [-0.3, -0.25) is 10.1 Å². The third kappa shape index (κ3) is 7.10. The van der Waals surface area contributed by atoms with Crippen LogP contribution >= 0.6 is 23.1 Å². The Morgan fingerprint density at radius 2 is 1.65 bits per heavy atom. The highest BCUT2D eigenvalue weighted by atomic mass is 32.2. The molecule has 0 bridgehead atoms. The fourth-order valence-corrected chi connectivity index (χ4v) is 7.34. The minimum absolute atomic E-state index is 0.0521. The Morgan fingerprint density at radius 3 is 2.24 bits per heavy atom. The van der Waals surface area contributed by atoms with Crippen molar-refractivity contribution in [1.82, 2.24) is 9.88 Å². The molecule has 1 aromatic heterocycles. The highest BCUT2D eigenvalue weighted by Gasteiger charge is 2.35. The first-order valence-corrected chi connectivity index (χ1v) is 14.5. The first kappa shape index (κ1) is 25.8. The van der Waals surface area contributed by atoms with E-state index in [1.165, 1.54) is 55.2 Å². The molecule has 0 radical (unpaired) electrons. The van der Waals surface area contributed by atoms with Gasteiger partial charge >= 0.3 is 12.0 Å². The van der Waals surface area contributed by atoms with Crippen LogP contribution in [0.15, 0.2) is 10.4 Å². The number of thiazole rings is 1. The van der Waals surface area contributed by atoms with Crippen molar-refractivity contribution in [3.8, 4) is 0 Å². The number of aliphatic carboxylic acids is 1. The molecule has 3 fully saturated rings. The van der Waals surface area contributed by atoms with E-state index >= 15 is 0 Å². The van der Waals surface area contributed by atoms with Gasteiger partial charge in [-0.05, 0) is 77.0 Å². The van der Waals surface area contributed by atoms with Crippen molar-refractivity contribution in [1.29, 1.82) is 0 Å². The quantitative estimate of drug-likeness (QED) is 0.362. The highest BCUT2D eigenvalue weighted by molar-refractivity contribution is 8.03. The highest BCUT2D eigenvalue weighted by Crippen LogP contribution is 2.38. The molecule has 0 atom stereocenters. The molecule has 1 heterocycles. The number of nitrogens with one attached hydrogen (secondary N) is 1. The van der Waals surface area contributed by atoms with Crippen LogP contribution in [-0.2, 0) is 9.53 Å². The van der Waals surface area contributed by atoms with Gasteiger partial charge in [-0.15, -0.1) is 0 Å². The van der Waals surface area contributed by atoms with Crippen LogP contribution in [0.4, 0.5) is 9.93 Å². The number of amides is 2. The number of carbonyl (C=O) groups is 2. The summed E-state index contributed by atoms with van der Waals surface area (Å²) < 4.78 is 5.80. The number of nitrogens with zero attached hydrogens (tertiary/aromatic N) is 2. The summed E-state index contributed by atoms with van der Waals surface area (Å²) in [6.07, 6.45) is 14.4. The van der Waals surface area contributed by atoms with E-state index in [4.69, 9.17) is 4.74 Å². The second-order valence-corrected chi connectivity index (χ2v) is 13.6. The molecule has 0 aliphatic heterocycles. The number of rotatable bonds is 10. The second-order valence-electron chi connectivity index (χ2n) is 10.7. The van der Waals surface area contributed by atoms with Crippen LogP contribution in [0.25, 0.3) is 0 Å². The lowest BCUT2D eigenvalue weighted by Crippen LogP contribution is -2.51. The molecule has 0 saturated heterocycles. The van der Waals surface area contributed by atoms with Crippen LogP contribution in [0.2, 0.25) is 0 Å². The molecular formula is C25H39N3O4S2. The Labute approximate surface area is 211 Å². The summed E-state index contributed by atoms with van der Waals surface area (Å²) in [5.74, 6) is 0.553. The Kier molecular flexibility index (Phi) is 8.80. The van der Waals surface area contributed by atoms with Crippen LogP contribution in [0.3, 0.4) is 0 Å². The molecule has 0 unspecified atom stereocenters. The van der Waals surface area contributed by atoms with E-state index in [-0.39, 0.29) is 12.1 Å². The van der Waals surface area contributed by atoms with Crippen molar-refractivity contribution in [3.05, 3.63) is 6.20 Å². The van der Waals surface area contributed by atoms with E-state index < -0.39 is 10.7 Å². The summed E-state index contributed by atoms with van der Waals surface area (Å²) in [5.41, 5.74) is 0. The molecule has 2 amide bonds. The summed E-state index contributed by atoms with van der Waals surface area (Å²) in [6.45, 7) is 5.14. The van der Waals surface area contributed by atoms with Gasteiger partial charge in [0.25, 0.3) is 0 Å². The first-order chi connectivity index (χ1) is 16.3. The van der Waals surface area contributed by atoms with E-state index in [1.54, 1.807) is 20.0 Å². The minimum atomic E-state index is -0.942. The average molecular weight is 510 g/mol. The number of ether oxygens (including phenoxy) is 1. The van der Waals surface area contributed by atoms with Gasteiger partial charge in [0.15, 0.2) is 5.13 Å². The van der Waals surface area contributed by atoms with Gasteiger partial charge in [-0.25, -0.2) is 9.78 Å². The molecule has 9 heteroatoms.